The van der Waals surface area contributed by atoms with Crippen molar-refractivity contribution in [2.75, 3.05) is 12.3 Å². The van der Waals surface area contributed by atoms with Crippen molar-refractivity contribution in [1.29, 1.82) is 0 Å². The first-order valence-corrected chi connectivity index (χ1v) is 10.4. The summed E-state index contributed by atoms with van der Waals surface area (Å²) >= 11 is 1.88. The summed E-state index contributed by atoms with van der Waals surface area (Å²) in [5, 5.41) is 3.10. The molecule has 1 aliphatic rings. The standard InChI is InChI=1S/C11H23NS.C9H7F2N3O/c1-11(2,3)13-12-9-10-7-5-4-6-8-10;10-9(11,6-4-2-1-3-5-6)7-13-8(12)15-14-7/h10,12H,4-9H2,1-3H3;1-5H,(H2,12,13,14). The Kier molecular flexibility index (Phi) is 8.24. The number of alkyl halides is 2. The lowest BCUT2D eigenvalue weighted by molar-refractivity contribution is 0.0304. The summed E-state index contributed by atoms with van der Waals surface area (Å²) in [5.41, 5.74) is 4.88. The number of anilines is 1. The molecule has 2 aromatic rings. The molecule has 0 aliphatic heterocycles. The van der Waals surface area contributed by atoms with Crippen molar-refractivity contribution >= 4 is 18.0 Å². The van der Waals surface area contributed by atoms with Crippen LogP contribution in [0.5, 0.6) is 0 Å². The topological polar surface area (TPSA) is 77.0 Å². The summed E-state index contributed by atoms with van der Waals surface area (Å²) in [6.07, 6.45) is 7.25. The molecule has 28 heavy (non-hydrogen) atoms. The molecule has 8 heteroatoms. The van der Waals surface area contributed by atoms with Gasteiger partial charge in [-0.3, -0.25) is 4.72 Å². The van der Waals surface area contributed by atoms with Crippen LogP contribution < -0.4 is 10.5 Å². The van der Waals surface area contributed by atoms with Crippen LogP contribution in [-0.2, 0) is 5.92 Å². The molecule has 0 amide bonds. The molecule has 0 radical (unpaired) electrons. The number of nitrogen functional groups attached to an aromatic ring is 1. The van der Waals surface area contributed by atoms with Gasteiger partial charge in [0.15, 0.2) is 0 Å². The van der Waals surface area contributed by atoms with E-state index in [1.165, 1.54) is 62.9 Å². The molecule has 1 aromatic carbocycles. The Labute approximate surface area is 170 Å². The molecule has 3 rings (SSSR count). The van der Waals surface area contributed by atoms with Crippen molar-refractivity contribution in [3.63, 3.8) is 0 Å². The van der Waals surface area contributed by atoms with Crippen molar-refractivity contribution in [1.82, 2.24) is 14.9 Å². The molecule has 1 aliphatic carbocycles. The van der Waals surface area contributed by atoms with Crippen LogP contribution in [0.25, 0.3) is 0 Å². The molecule has 1 heterocycles. The second kappa shape index (κ2) is 10.2. The maximum Gasteiger partial charge on any atom is 0.335 e. The van der Waals surface area contributed by atoms with Crippen molar-refractivity contribution in [2.24, 2.45) is 5.92 Å². The van der Waals surface area contributed by atoms with E-state index in [-0.39, 0.29) is 11.6 Å². The normalized spacial score (nSPS) is 15.8. The van der Waals surface area contributed by atoms with E-state index in [9.17, 15) is 8.78 Å². The molecule has 1 saturated carbocycles. The summed E-state index contributed by atoms with van der Waals surface area (Å²) in [6.45, 7) is 7.98. The Balaban J connectivity index is 0.000000203. The van der Waals surface area contributed by atoms with Gasteiger partial charge in [0.25, 0.3) is 0 Å². The molecule has 156 valence electrons. The Bertz CT molecular complexity index is 698. The number of hydrogen-bond acceptors (Lipinski definition) is 6. The fourth-order valence-corrected chi connectivity index (χ4v) is 3.66. The summed E-state index contributed by atoms with van der Waals surface area (Å²) in [4.78, 5) is 3.31. The van der Waals surface area contributed by atoms with Crippen molar-refractivity contribution in [3.05, 3.63) is 41.7 Å². The van der Waals surface area contributed by atoms with Crippen LogP contribution in [0.15, 0.2) is 34.9 Å². The van der Waals surface area contributed by atoms with Gasteiger partial charge in [0.1, 0.15) is 0 Å². The molecule has 0 unspecified atom stereocenters. The van der Waals surface area contributed by atoms with Crippen LogP contribution in [0, 0.1) is 5.92 Å². The molecule has 5 nitrogen and oxygen atoms in total. The Morgan fingerprint density at radius 2 is 1.79 bits per heavy atom. The van der Waals surface area contributed by atoms with E-state index in [0.29, 0.717) is 4.75 Å². The lowest BCUT2D eigenvalue weighted by atomic mass is 9.90. The highest BCUT2D eigenvalue weighted by Gasteiger charge is 2.39. The minimum atomic E-state index is -3.29. The van der Waals surface area contributed by atoms with E-state index in [2.05, 4.69) is 40.2 Å². The van der Waals surface area contributed by atoms with Crippen LogP contribution >= 0.6 is 11.9 Å². The zero-order valence-corrected chi connectivity index (χ0v) is 17.6. The number of nitrogens with one attached hydrogen (secondary N) is 1. The van der Waals surface area contributed by atoms with Gasteiger partial charge in [0.2, 0.25) is 5.82 Å². The van der Waals surface area contributed by atoms with Crippen LogP contribution in [-0.4, -0.2) is 21.4 Å². The Morgan fingerprint density at radius 3 is 2.32 bits per heavy atom. The average Bonchev–Trinajstić information content (AvgIpc) is 3.10. The number of nitrogens with zero attached hydrogens (tertiary/aromatic N) is 2. The molecule has 0 spiro atoms. The van der Waals surface area contributed by atoms with Gasteiger partial charge < -0.3 is 10.3 Å². The predicted molar refractivity (Wildman–Crippen MR) is 110 cm³/mol. The molecule has 3 N–H and O–H groups in total. The number of halogens is 2. The number of hydrogen-bond donors (Lipinski definition) is 2. The monoisotopic (exact) mass is 412 g/mol. The lowest BCUT2D eigenvalue weighted by Gasteiger charge is -2.24. The largest absolute Gasteiger partial charge is 0.351 e. The molecule has 1 aromatic heterocycles. The van der Waals surface area contributed by atoms with E-state index >= 15 is 0 Å². The first-order chi connectivity index (χ1) is 13.2. The summed E-state index contributed by atoms with van der Waals surface area (Å²) in [7, 11) is 0. The van der Waals surface area contributed by atoms with E-state index < -0.39 is 11.7 Å². The third kappa shape index (κ3) is 7.39. The van der Waals surface area contributed by atoms with Gasteiger partial charge in [-0.2, -0.15) is 13.8 Å². The highest BCUT2D eigenvalue weighted by atomic mass is 32.2. The van der Waals surface area contributed by atoms with Gasteiger partial charge in [-0.25, -0.2) is 0 Å². The first-order valence-electron chi connectivity index (χ1n) is 9.62. The Morgan fingerprint density at radius 1 is 1.14 bits per heavy atom. The second-order valence-corrected chi connectivity index (χ2v) is 9.68. The minimum Gasteiger partial charge on any atom is -0.351 e. The van der Waals surface area contributed by atoms with Crippen LogP contribution in [0.1, 0.15) is 64.3 Å². The molecular formula is C20H30F2N4OS. The smallest absolute Gasteiger partial charge is 0.335 e. The highest BCUT2D eigenvalue weighted by Crippen LogP contribution is 2.33. The number of aromatic nitrogens is 2. The van der Waals surface area contributed by atoms with Gasteiger partial charge in [0, 0.05) is 16.9 Å². The Hall–Kier alpha value is -1.67. The molecule has 0 bridgehead atoms. The summed E-state index contributed by atoms with van der Waals surface area (Å²) in [6, 6.07) is 6.85. The van der Waals surface area contributed by atoms with Crippen LogP contribution in [0.2, 0.25) is 0 Å². The van der Waals surface area contributed by atoms with Crippen molar-refractivity contribution in [3.8, 4) is 0 Å². The van der Waals surface area contributed by atoms with E-state index in [0.717, 1.165) is 5.92 Å². The van der Waals surface area contributed by atoms with Gasteiger partial charge in [-0.1, -0.05) is 66.7 Å². The average molecular weight is 413 g/mol. The van der Waals surface area contributed by atoms with Gasteiger partial charge in [0.05, 0.1) is 0 Å². The minimum absolute atomic E-state index is 0.203. The number of nitrogens with two attached hydrogens (primary N) is 1. The maximum atomic E-state index is 13.7. The van der Waals surface area contributed by atoms with Gasteiger partial charge in [-0.05, 0) is 39.5 Å². The van der Waals surface area contributed by atoms with E-state index in [1.807, 2.05) is 11.9 Å². The zero-order chi connectivity index (χ0) is 20.6. The SMILES string of the molecule is CC(C)(C)SNCC1CCCCC1.Nc1nc(C(F)(F)c2ccccc2)no1. The molecule has 1 fully saturated rings. The van der Waals surface area contributed by atoms with Crippen molar-refractivity contribution in [2.45, 2.75) is 63.5 Å². The molecule has 0 saturated heterocycles. The van der Waals surface area contributed by atoms with Gasteiger partial charge >= 0.3 is 11.9 Å². The molecular weight excluding hydrogens is 382 g/mol. The van der Waals surface area contributed by atoms with Gasteiger partial charge in [-0.15, -0.1) is 0 Å². The van der Waals surface area contributed by atoms with Crippen LogP contribution in [0.4, 0.5) is 14.8 Å². The fraction of sp³-hybridized carbons (Fsp3) is 0.600. The third-order valence-corrected chi connectivity index (χ3v) is 5.26. The molecule has 0 atom stereocenters. The zero-order valence-electron chi connectivity index (χ0n) is 16.8. The quantitative estimate of drug-likeness (QED) is 0.641. The van der Waals surface area contributed by atoms with Crippen molar-refractivity contribution < 1.29 is 13.3 Å². The summed E-state index contributed by atoms with van der Waals surface area (Å²) < 4.78 is 35.5. The van der Waals surface area contributed by atoms with E-state index in [1.54, 1.807) is 6.07 Å². The van der Waals surface area contributed by atoms with E-state index in [4.69, 9.17) is 5.73 Å². The first kappa shape index (κ1) is 22.6. The second-order valence-electron chi connectivity index (χ2n) is 7.96. The maximum absolute atomic E-state index is 13.7. The highest BCUT2D eigenvalue weighted by molar-refractivity contribution is 7.98. The fourth-order valence-electron chi connectivity index (χ4n) is 2.91. The predicted octanol–water partition coefficient (Wildman–Crippen LogP) is 5.39. The lowest BCUT2D eigenvalue weighted by Crippen LogP contribution is -2.24. The number of benzene rings is 1. The number of rotatable bonds is 5. The summed E-state index contributed by atoms with van der Waals surface area (Å²) in [5.74, 6) is -3.07. The van der Waals surface area contributed by atoms with Crippen LogP contribution in [0.3, 0.4) is 0 Å². The third-order valence-electron chi connectivity index (χ3n) is 4.33.